The van der Waals surface area contributed by atoms with Crippen LogP contribution in [0.5, 0.6) is 0 Å². The van der Waals surface area contributed by atoms with Crippen molar-refractivity contribution in [1.82, 2.24) is 10.3 Å². The molecule has 6 nitrogen and oxygen atoms in total. The lowest BCUT2D eigenvalue weighted by atomic mass is 9.96. The highest BCUT2D eigenvalue weighted by Crippen LogP contribution is 2.23. The van der Waals surface area contributed by atoms with Gasteiger partial charge in [-0.3, -0.25) is 9.78 Å². The van der Waals surface area contributed by atoms with Crippen LogP contribution in [0.4, 0.5) is 0 Å². The molecule has 128 valence electrons. The quantitative estimate of drug-likeness (QED) is 0.869. The fraction of sp³-hybridized carbons (Fsp3) is 0.412. The predicted molar refractivity (Wildman–Crippen MR) is 91.7 cm³/mol. The lowest BCUT2D eigenvalue weighted by Crippen LogP contribution is -2.48. The van der Waals surface area contributed by atoms with Crippen molar-refractivity contribution in [2.75, 3.05) is 18.1 Å². The summed E-state index contributed by atoms with van der Waals surface area (Å²) in [6.07, 6.45) is 0.289. The van der Waals surface area contributed by atoms with Crippen LogP contribution in [-0.4, -0.2) is 48.1 Å². The van der Waals surface area contributed by atoms with Crippen LogP contribution >= 0.6 is 0 Å². The maximum absolute atomic E-state index is 12.6. The summed E-state index contributed by atoms with van der Waals surface area (Å²) in [5, 5.41) is 14.0. The first-order valence-corrected chi connectivity index (χ1v) is 9.68. The number of hydrogen-bond donors (Lipinski definition) is 2. The van der Waals surface area contributed by atoms with Gasteiger partial charge in [0, 0.05) is 17.6 Å². The highest BCUT2D eigenvalue weighted by Gasteiger charge is 2.35. The second-order valence-corrected chi connectivity index (χ2v) is 8.69. The number of nitrogens with one attached hydrogen (secondary N) is 1. The van der Waals surface area contributed by atoms with Gasteiger partial charge in [0.15, 0.2) is 9.84 Å². The van der Waals surface area contributed by atoms with Crippen LogP contribution in [0, 0.1) is 6.92 Å². The summed E-state index contributed by atoms with van der Waals surface area (Å²) in [5.74, 6) is -0.383. The Morgan fingerprint density at radius 2 is 1.96 bits per heavy atom. The third-order valence-corrected chi connectivity index (χ3v) is 6.08. The molecule has 7 heteroatoms. The van der Waals surface area contributed by atoms with Gasteiger partial charge in [-0.2, -0.15) is 0 Å². The fourth-order valence-corrected chi connectivity index (χ4v) is 4.52. The van der Waals surface area contributed by atoms with E-state index in [-0.39, 0.29) is 36.8 Å². The van der Waals surface area contributed by atoms with Crippen molar-refractivity contribution in [2.24, 2.45) is 0 Å². The van der Waals surface area contributed by atoms with Crippen molar-refractivity contribution in [2.45, 2.75) is 25.4 Å². The normalized spacial score (nSPS) is 19.1. The molecule has 1 saturated heterocycles. The number of aromatic nitrogens is 1. The summed E-state index contributed by atoms with van der Waals surface area (Å²) in [5.41, 5.74) is 0.815. The Labute approximate surface area is 140 Å². The van der Waals surface area contributed by atoms with E-state index in [0.717, 1.165) is 16.6 Å². The fourth-order valence-electron chi connectivity index (χ4n) is 2.93. The minimum absolute atomic E-state index is 0.0387. The number of para-hydroxylation sites is 1. The highest BCUT2D eigenvalue weighted by molar-refractivity contribution is 7.91. The molecule has 0 radical (unpaired) electrons. The second kappa shape index (κ2) is 6.14. The molecular formula is C17H20N2O4S. The Morgan fingerprint density at radius 3 is 2.67 bits per heavy atom. The number of carbonyl (C=O) groups is 1. The standard InChI is InChI=1S/C17H20N2O4S/c1-12-10-14(13-4-2-3-5-15(13)19-12)16(20)18-11-17(21)6-8-24(22,23)9-7-17/h2-5,10,21H,6-9,11H2,1H3,(H,18,20). The lowest BCUT2D eigenvalue weighted by molar-refractivity contribution is 0.0296. The molecule has 0 atom stereocenters. The Morgan fingerprint density at radius 1 is 1.29 bits per heavy atom. The zero-order valence-electron chi connectivity index (χ0n) is 13.4. The number of amides is 1. The third-order valence-electron chi connectivity index (χ3n) is 4.42. The van der Waals surface area contributed by atoms with Gasteiger partial charge in [0.25, 0.3) is 5.91 Å². The summed E-state index contributed by atoms with van der Waals surface area (Å²) in [4.78, 5) is 17.0. The largest absolute Gasteiger partial charge is 0.388 e. The molecule has 1 amide bonds. The number of fused-ring (bicyclic) bond motifs is 1. The second-order valence-electron chi connectivity index (χ2n) is 6.39. The number of sulfone groups is 1. The number of rotatable bonds is 3. The number of aryl methyl sites for hydroxylation is 1. The molecule has 0 aliphatic carbocycles. The maximum atomic E-state index is 12.6. The summed E-state index contributed by atoms with van der Waals surface area (Å²) in [7, 11) is -3.06. The van der Waals surface area contributed by atoms with Crippen molar-refractivity contribution in [3.63, 3.8) is 0 Å². The van der Waals surface area contributed by atoms with Gasteiger partial charge in [0.2, 0.25) is 0 Å². The molecule has 24 heavy (non-hydrogen) atoms. The Balaban J connectivity index is 1.76. The van der Waals surface area contributed by atoms with E-state index < -0.39 is 15.4 Å². The SMILES string of the molecule is Cc1cc(C(=O)NCC2(O)CCS(=O)(=O)CC2)c2ccccc2n1. The van der Waals surface area contributed by atoms with E-state index in [1.165, 1.54) is 0 Å². The van der Waals surface area contributed by atoms with Gasteiger partial charge >= 0.3 is 0 Å². The van der Waals surface area contributed by atoms with Crippen LogP contribution in [0.25, 0.3) is 10.9 Å². The molecule has 1 aliphatic rings. The molecule has 1 aromatic carbocycles. The molecule has 3 rings (SSSR count). The third kappa shape index (κ3) is 3.57. The number of pyridine rings is 1. The van der Waals surface area contributed by atoms with Gasteiger partial charge in [0.1, 0.15) is 0 Å². The van der Waals surface area contributed by atoms with Crippen LogP contribution < -0.4 is 5.32 Å². The molecule has 0 spiro atoms. The van der Waals surface area contributed by atoms with Crippen LogP contribution in [0.1, 0.15) is 28.9 Å². The van der Waals surface area contributed by atoms with Gasteiger partial charge < -0.3 is 10.4 Å². The van der Waals surface area contributed by atoms with Crippen molar-refractivity contribution in [3.05, 3.63) is 41.6 Å². The average molecular weight is 348 g/mol. The molecule has 2 aromatic rings. The molecule has 2 heterocycles. The first kappa shape index (κ1) is 16.9. The van der Waals surface area contributed by atoms with E-state index >= 15 is 0 Å². The topological polar surface area (TPSA) is 96.4 Å². The first-order valence-electron chi connectivity index (χ1n) is 7.85. The van der Waals surface area contributed by atoms with Crippen molar-refractivity contribution < 1.29 is 18.3 Å². The smallest absolute Gasteiger partial charge is 0.252 e. The number of aliphatic hydroxyl groups is 1. The van der Waals surface area contributed by atoms with Gasteiger partial charge in [-0.1, -0.05) is 18.2 Å². The van der Waals surface area contributed by atoms with Gasteiger partial charge in [-0.25, -0.2) is 8.42 Å². The molecule has 1 fully saturated rings. The Hall–Kier alpha value is -1.99. The highest BCUT2D eigenvalue weighted by atomic mass is 32.2. The van der Waals surface area contributed by atoms with E-state index in [0.29, 0.717) is 5.56 Å². The van der Waals surface area contributed by atoms with Crippen molar-refractivity contribution in [3.8, 4) is 0 Å². The summed E-state index contributed by atoms with van der Waals surface area (Å²) in [6.45, 7) is 1.86. The van der Waals surface area contributed by atoms with Crippen LogP contribution in [0.2, 0.25) is 0 Å². The molecule has 0 bridgehead atoms. The summed E-state index contributed by atoms with van der Waals surface area (Å²) >= 11 is 0. The minimum atomic E-state index is -3.06. The number of hydrogen-bond acceptors (Lipinski definition) is 5. The first-order chi connectivity index (χ1) is 11.3. The van der Waals surface area contributed by atoms with E-state index in [4.69, 9.17) is 0 Å². The van der Waals surface area contributed by atoms with E-state index in [1.54, 1.807) is 6.07 Å². The molecule has 0 saturated carbocycles. The van der Waals surface area contributed by atoms with Crippen LogP contribution in [0.15, 0.2) is 30.3 Å². The lowest BCUT2D eigenvalue weighted by Gasteiger charge is -2.32. The van der Waals surface area contributed by atoms with Gasteiger partial charge in [-0.05, 0) is 31.9 Å². The monoisotopic (exact) mass is 348 g/mol. The zero-order valence-corrected chi connectivity index (χ0v) is 14.3. The number of nitrogens with zero attached hydrogens (tertiary/aromatic N) is 1. The van der Waals surface area contributed by atoms with Gasteiger partial charge in [-0.15, -0.1) is 0 Å². The molecule has 1 aromatic heterocycles. The Bertz CT molecular complexity index is 879. The Kier molecular flexibility index (Phi) is 4.31. The van der Waals surface area contributed by atoms with E-state index in [2.05, 4.69) is 10.3 Å². The zero-order chi connectivity index (χ0) is 17.4. The summed E-state index contributed by atoms with van der Waals surface area (Å²) < 4.78 is 23.0. The predicted octanol–water partition coefficient (Wildman–Crippen LogP) is 1.21. The molecule has 0 unspecified atom stereocenters. The van der Waals surface area contributed by atoms with E-state index in [9.17, 15) is 18.3 Å². The van der Waals surface area contributed by atoms with E-state index in [1.807, 2.05) is 31.2 Å². The number of benzene rings is 1. The van der Waals surface area contributed by atoms with Crippen molar-refractivity contribution >= 4 is 26.6 Å². The molecule has 2 N–H and O–H groups in total. The molecular weight excluding hydrogens is 328 g/mol. The summed E-state index contributed by atoms with van der Waals surface area (Å²) in [6, 6.07) is 9.10. The van der Waals surface area contributed by atoms with Gasteiger partial charge in [0.05, 0.1) is 28.2 Å². The molecule has 1 aliphatic heterocycles. The minimum Gasteiger partial charge on any atom is -0.388 e. The number of carbonyl (C=O) groups excluding carboxylic acids is 1. The van der Waals surface area contributed by atoms with Crippen LogP contribution in [0.3, 0.4) is 0 Å². The van der Waals surface area contributed by atoms with Crippen molar-refractivity contribution in [1.29, 1.82) is 0 Å². The maximum Gasteiger partial charge on any atom is 0.252 e. The average Bonchev–Trinajstić information content (AvgIpc) is 2.55. The van der Waals surface area contributed by atoms with Crippen LogP contribution in [-0.2, 0) is 9.84 Å².